The number of alkyl carbamates (subject to hydrolysis) is 1. The fraction of sp³-hybridized carbons (Fsp3) is 0.692. The van der Waals surface area contributed by atoms with Crippen LogP contribution in [-0.4, -0.2) is 29.3 Å². The van der Waals surface area contributed by atoms with Gasteiger partial charge in [-0.15, -0.1) is 6.58 Å². The minimum absolute atomic E-state index is 0.0996. The van der Waals surface area contributed by atoms with E-state index in [0.717, 1.165) is 12.8 Å². The maximum absolute atomic E-state index is 11.6. The lowest BCUT2D eigenvalue weighted by Gasteiger charge is -2.27. The molecule has 5 heteroatoms. The second-order valence-corrected chi connectivity index (χ2v) is 5.75. The molecule has 0 aromatic heterocycles. The van der Waals surface area contributed by atoms with Gasteiger partial charge in [0.1, 0.15) is 12.1 Å². The van der Waals surface area contributed by atoms with Crippen LogP contribution in [0.5, 0.6) is 0 Å². The van der Waals surface area contributed by atoms with Gasteiger partial charge in [0.2, 0.25) is 0 Å². The summed E-state index contributed by atoms with van der Waals surface area (Å²) in [7, 11) is 0. The Morgan fingerprint density at radius 3 is 2.61 bits per heavy atom. The van der Waals surface area contributed by atoms with Gasteiger partial charge in [-0.1, -0.05) is 26.8 Å². The molecular weight excluding hydrogens is 234 g/mol. The molecular formula is C13H21NO4. The number of nitrogens with one attached hydrogen (secondary N) is 1. The highest BCUT2D eigenvalue weighted by Gasteiger charge is 2.41. The van der Waals surface area contributed by atoms with Crippen molar-refractivity contribution < 1.29 is 19.4 Å². The Morgan fingerprint density at radius 2 is 2.17 bits per heavy atom. The van der Waals surface area contributed by atoms with E-state index in [0.29, 0.717) is 5.92 Å². The number of carbonyl (C=O) groups excluding carboxylic acids is 1. The molecule has 1 unspecified atom stereocenters. The molecule has 1 rings (SSSR count). The average Bonchev–Trinajstić information content (AvgIpc) is 2.91. The summed E-state index contributed by atoms with van der Waals surface area (Å²) in [5.41, 5.74) is -0.561. The molecule has 0 saturated heterocycles. The zero-order valence-electron chi connectivity index (χ0n) is 11.1. The average molecular weight is 255 g/mol. The minimum atomic E-state index is -1.06. The highest BCUT2D eigenvalue weighted by atomic mass is 16.6. The summed E-state index contributed by atoms with van der Waals surface area (Å²) in [6, 6.07) is -0.957. The molecule has 1 amide bonds. The van der Waals surface area contributed by atoms with Crippen molar-refractivity contribution >= 4 is 12.1 Å². The molecule has 102 valence electrons. The molecule has 1 aliphatic rings. The topological polar surface area (TPSA) is 75.6 Å². The Kier molecular flexibility index (Phi) is 4.38. The van der Waals surface area contributed by atoms with Gasteiger partial charge in [0, 0.05) is 5.92 Å². The second-order valence-electron chi connectivity index (χ2n) is 5.75. The summed E-state index contributed by atoms with van der Waals surface area (Å²) < 4.78 is 5.14. The maximum atomic E-state index is 11.6. The van der Waals surface area contributed by atoms with Crippen molar-refractivity contribution in [3.8, 4) is 0 Å². The van der Waals surface area contributed by atoms with Gasteiger partial charge in [0.15, 0.2) is 0 Å². The van der Waals surface area contributed by atoms with Gasteiger partial charge in [-0.05, 0) is 18.3 Å². The molecule has 0 aromatic carbocycles. The Morgan fingerprint density at radius 1 is 1.56 bits per heavy atom. The van der Waals surface area contributed by atoms with E-state index in [1.54, 1.807) is 26.8 Å². The van der Waals surface area contributed by atoms with Crippen molar-refractivity contribution in [1.82, 2.24) is 5.32 Å². The zero-order valence-corrected chi connectivity index (χ0v) is 11.1. The number of amides is 1. The van der Waals surface area contributed by atoms with Crippen LogP contribution in [0.25, 0.3) is 0 Å². The standard InChI is InChI=1S/C13H21NO4/c1-5-6-8-7-9(8)18-12(17)14-10(11(15)16)13(2,3)4/h5,8-10H,1,6-7H2,2-4H3,(H,14,17)(H,15,16)/t8-,9-,10?/m1/s1. The summed E-state index contributed by atoms with van der Waals surface area (Å²) in [5.74, 6) is -0.718. The summed E-state index contributed by atoms with van der Waals surface area (Å²) in [4.78, 5) is 22.6. The lowest BCUT2D eigenvalue weighted by molar-refractivity contribution is -0.142. The van der Waals surface area contributed by atoms with Crippen LogP contribution in [0.2, 0.25) is 0 Å². The lowest BCUT2D eigenvalue weighted by Crippen LogP contribution is -2.49. The molecule has 1 saturated carbocycles. The van der Waals surface area contributed by atoms with Crippen LogP contribution in [0, 0.1) is 11.3 Å². The molecule has 1 fully saturated rings. The number of aliphatic carboxylic acids is 1. The van der Waals surface area contributed by atoms with Crippen molar-refractivity contribution in [3.63, 3.8) is 0 Å². The van der Waals surface area contributed by atoms with Crippen molar-refractivity contribution in [3.05, 3.63) is 12.7 Å². The summed E-state index contributed by atoms with van der Waals surface area (Å²) >= 11 is 0. The Labute approximate surface area is 107 Å². The van der Waals surface area contributed by atoms with E-state index < -0.39 is 23.5 Å². The number of ether oxygens (including phenoxy) is 1. The van der Waals surface area contributed by atoms with Crippen molar-refractivity contribution in [2.75, 3.05) is 0 Å². The summed E-state index contributed by atoms with van der Waals surface area (Å²) in [6.07, 6.45) is 2.68. The number of carboxylic acids is 1. The van der Waals surface area contributed by atoms with Gasteiger partial charge in [0.05, 0.1) is 0 Å². The molecule has 3 atom stereocenters. The first kappa shape index (κ1) is 14.5. The number of rotatable bonds is 5. The largest absolute Gasteiger partial charge is 0.480 e. The van der Waals surface area contributed by atoms with E-state index >= 15 is 0 Å². The predicted molar refractivity (Wildman–Crippen MR) is 67.2 cm³/mol. The van der Waals surface area contributed by atoms with Crippen molar-refractivity contribution in [2.45, 2.75) is 45.8 Å². The van der Waals surface area contributed by atoms with Gasteiger partial charge in [0.25, 0.3) is 0 Å². The first-order valence-electron chi connectivity index (χ1n) is 6.06. The van der Waals surface area contributed by atoms with Crippen LogP contribution in [0.3, 0.4) is 0 Å². The van der Waals surface area contributed by atoms with Crippen LogP contribution in [0.15, 0.2) is 12.7 Å². The number of hydrogen-bond donors (Lipinski definition) is 2. The van der Waals surface area contributed by atoms with Gasteiger partial charge in [-0.3, -0.25) is 0 Å². The van der Waals surface area contributed by atoms with Crippen LogP contribution < -0.4 is 5.32 Å². The first-order chi connectivity index (χ1) is 8.25. The fourth-order valence-corrected chi connectivity index (χ4v) is 1.76. The van der Waals surface area contributed by atoms with E-state index in [9.17, 15) is 9.59 Å². The zero-order chi connectivity index (χ0) is 13.9. The van der Waals surface area contributed by atoms with Gasteiger partial charge >= 0.3 is 12.1 Å². The highest BCUT2D eigenvalue weighted by Crippen LogP contribution is 2.37. The van der Waals surface area contributed by atoms with E-state index in [1.807, 2.05) is 0 Å². The highest BCUT2D eigenvalue weighted by molar-refractivity contribution is 5.80. The number of hydrogen-bond acceptors (Lipinski definition) is 3. The Hall–Kier alpha value is -1.52. The van der Waals surface area contributed by atoms with E-state index in [-0.39, 0.29) is 6.10 Å². The summed E-state index contributed by atoms with van der Waals surface area (Å²) in [5, 5.41) is 11.5. The quantitative estimate of drug-likeness (QED) is 0.738. The molecule has 2 N–H and O–H groups in total. The van der Waals surface area contributed by atoms with Crippen LogP contribution in [-0.2, 0) is 9.53 Å². The third-order valence-electron chi connectivity index (χ3n) is 2.96. The van der Waals surface area contributed by atoms with Crippen LogP contribution >= 0.6 is 0 Å². The lowest BCUT2D eigenvalue weighted by atomic mass is 9.87. The molecule has 0 spiro atoms. The fourth-order valence-electron chi connectivity index (χ4n) is 1.76. The molecule has 18 heavy (non-hydrogen) atoms. The normalized spacial score (nSPS) is 23.9. The third kappa shape index (κ3) is 4.05. The van der Waals surface area contributed by atoms with Gasteiger partial charge < -0.3 is 15.2 Å². The number of carboxylic acid groups (broad SMARTS) is 1. The van der Waals surface area contributed by atoms with Crippen LogP contribution in [0.4, 0.5) is 4.79 Å². The first-order valence-corrected chi connectivity index (χ1v) is 6.06. The molecule has 0 aliphatic heterocycles. The molecule has 0 bridgehead atoms. The van der Waals surface area contributed by atoms with E-state index in [2.05, 4.69) is 11.9 Å². The van der Waals surface area contributed by atoms with Crippen molar-refractivity contribution in [2.24, 2.45) is 11.3 Å². The minimum Gasteiger partial charge on any atom is -0.480 e. The Balaban J connectivity index is 2.44. The molecule has 0 aromatic rings. The Bertz CT molecular complexity index is 345. The summed E-state index contributed by atoms with van der Waals surface area (Å²) in [6.45, 7) is 8.89. The van der Waals surface area contributed by atoms with Crippen LogP contribution in [0.1, 0.15) is 33.6 Å². The number of carbonyl (C=O) groups is 2. The molecule has 1 aliphatic carbocycles. The van der Waals surface area contributed by atoms with Gasteiger partial charge in [-0.2, -0.15) is 0 Å². The van der Waals surface area contributed by atoms with Gasteiger partial charge in [-0.25, -0.2) is 9.59 Å². The monoisotopic (exact) mass is 255 g/mol. The maximum Gasteiger partial charge on any atom is 0.408 e. The second kappa shape index (κ2) is 5.42. The predicted octanol–water partition coefficient (Wildman–Crippen LogP) is 2.18. The molecule has 5 nitrogen and oxygen atoms in total. The third-order valence-corrected chi connectivity index (χ3v) is 2.96. The van der Waals surface area contributed by atoms with E-state index in [4.69, 9.17) is 9.84 Å². The SMILES string of the molecule is C=CC[C@@H]1C[C@H]1OC(=O)NC(C(=O)O)C(C)(C)C. The number of allylic oxidation sites excluding steroid dienone is 1. The van der Waals surface area contributed by atoms with E-state index in [1.165, 1.54) is 0 Å². The van der Waals surface area contributed by atoms with Crippen molar-refractivity contribution in [1.29, 1.82) is 0 Å². The molecule has 0 heterocycles. The molecule has 0 radical (unpaired) electrons. The smallest absolute Gasteiger partial charge is 0.408 e.